The van der Waals surface area contributed by atoms with Gasteiger partial charge in [0.1, 0.15) is 0 Å². The summed E-state index contributed by atoms with van der Waals surface area (Å²) in [5.41, 5.74) is 6.48. The molecular formula is C8H10ClNO2S. The third kappa shape index (κ3) is 2.14. The molecule has 0 atom stereocenters. The van der Waals surface area contributed by atoms with Crippen LogP contribution in [0.1, 0.15) is 5.56 Å². The second kappa shape index (κ2) is 3.20. The van der Waals surface area contributed by atoms with E-state index in [1.807, 2.05) is 0 Å². The van der Waals surface area contributed by atoms with Gasteiger partial charge in [0.15, 0.2) is 9.84 Å². The molecule has 72 valence electrons. The lowest BCUT2D eigenvalue weighted by Crippen LogP contribution is -2.00. The molecule has 1 rings (SSSR count). The highest BCUT2D eigenvalue weighted by Crippen LogP contribution is 2.26. The Labute approximate surface area is 82.4 Å². The fraction of sp³-hybridized carbons (Fsp3) is 0.250. The first-order valence-corrected chi connectivity index (χ1v) is 5.85. The summed E-state index contributed by atoms with van der Waals surface area (Å²) in [6.45, 7) is 1.72. The van der Waals surface area contributed by atoms with Crippen LogP contribution in [0.5, 0.6) is 0 Å². The van der Waals surface area contributed by atoms with Gasteiger partial charge in [-0.3, -0.25) is 0 Å². The van der Waals surface area contributed by atoms with Crippen molar-refractivity contribution >= 4 is 27.1 Å². The Hall–Kier alpha value is -0.740. The number of nitrogens with two attached hydrogens (primary N) is 1. The molecule has 1 aromatic carbocycles. The first-order chi connectivity index (χ1) is 5.82. The van der Waals surface area contributed by atoms with E-state index in [0.29, 0.717) is 16.3 Å². The van der Waals surface area contributed by atoms with Crippen LogP contribution in [0.4, 0.5) is 5.69 Å². The number of hydrogen-bond donors (Lipinski definition) is 1. The molecule has 0 unspecified atom stereocenters. The summed E-state index contributed by atoms with van der Waals surface area (Å²) in [6, 6.07) is 2.87. The van der Waals surface area contributed by atoms with E-state index in [2.05, 4.69) is 0 Å². The highest BCUT2D eigenvalue weighted by atomic mass is 35.5. The minimum Gasteiger partial charge on any atom is -0.397 e. The van der Waals surface area contributed by atoms with Crippen molar-refractivity contribution in [1.29, 1.82) is 0 Å². The van der Waals surface area contributed by atoms with Crippen molar-refractivity contribution in [1.82, 2.24) is 0 Å². The van der Waals surface area contributed by atoms with Crippen molar-refractivity contribution in [2.24, 2.45) is 0 Å². The summed E-state index contributed by atoms with van der Waals surface area (Å²) in [5, 5.41) is 0.410. The minimum atomic E-state index is -3.20. The quantitative estimate of drug-likeness (QED) is 0.731. The van der Waals surface area contributed by atoms with E-state index < -0.39 is 9.84 Å². The van der Waals surface area contributed by atoms with E-state index in [9.17, 15) is 8.42 Å². The molecular weight excluding hydrogens is 210 g/mol. The fourth-order valence-electron chi connectivity index (χ4n) is 0.977. The standard InChI is InChI=1S/C8H10ClNO2S/c1-5-3-6(13(2,11)12)4-7(10)8(5)9/h3-4H,10H2,1-2H3. The van der Waals surface area contributed by atoms with Crippen LogP contribution in [-0.4, -0.2) is 14.7 Å². The second-order valence-corrected chi connectivity index (χ2v) is 5.31. The Bertz CT molecular complexity index is 416. The third-order valence-corrected chi connectivity index (χ3v) is 3.29. The zero-order valence-electron chi connectivity index (χ0n) is 7.33. The van der Waals surface area contributed by atoms with Crippen LogP contribution in [0.15, 0.2) is 17.0 Å². The number of anilines is 1. The molecule has 5 heteroatoms. The number of benzene rings is 1. The molecule has 0 aliphatic carbocycles. The van der Waals surface area contributed by atoms with E-state index in [1.54, 1.807) is 6.92 Å². The number of sulfone groups is 1. The Balaban J connectivity index is 3.47. The normalized spacial score (nSPS) is 11.6. The van der Waals surface area contributed by atoms with Gasteiger partial charge in [-0.05, 0) is 24.6 Å². The fourth-order valence-corrected chi connectivity index (χ4v) is 1.82. The molecule has 0 aromatic heterocycles. The van der Waals surface area contributed by atoms with E-state index in [0.717, 1.165) is 6.26 Å². The van der Waals surface area contributed by atoms with Gasteiger partial charge in [0, 0.05) is 6.26 Å². The summed E-state index contributed by atoms with van der Waals surface area (Å²) in [5.74, 6) is 0. The summed E-state index contributed by atoms with van der Waals surface area (Å²) in [4.78, 5) is 0.201. The van der Waals surface area contributed by atoms with Crippen LogP contribution in [0.3, 0.4) is 0 Å². The monoisotopic (exact) mass is 219 g/mol. The summed E-state index contributed by atoms with van der Waals surface area (Å²) in [6.07, 6.45) is 1.13. The van der Waals surface area contributed by atoms with Gasteiger partial charge in [-0.15, -0.1) is 0 Å². The topological polar surface area (TPSA) is 60.2 Å². The minimum absolute atomic E-state index is 0.201. The van der Waals surface area contributed by atoms with Gasteiger partial charge in [0.2, 0.25) is 0 Å². The largest absolute Gasteiger partial charge is 0.397 e. The molecule has 0 heterocycles. The molecule has 0 bridgehead atoms. The molecule has 1 aromatic rings. The molecule has 0 amide bonds. The van der Waals surface area contributed by atoms with Crippen LogP contribution >= 0.6 is 11.6 Å². The smallest absolute Gasteiger partial charge is 0.175 e. The van der Waals surface area contributed by atoms with Crippen molar-refractivity contribution in [3.63, 3.8) is 0 Å². The highest BCUT2D eigenvalue weighted by molar-refractivity contribution is 7.90. The molecule has 13 heavy (non-hydrogen) atoms. The number of halogens is 1. The maximum atomic E-state index is 11.1. The maximum absolute atomic E-state index is 11.1. The molecule has 0 fully saturated rings. The van der Waals surface area contributed by atoms with Crippen molar-refractivity contribution in [3.05, 3.63) is 22.7 Å². The number of rotatable bonds is 1. The van der Waals surface area contributed by atoms with Crippen LogP contribution < -0.4 is 5.73 Å². The molecule has 0 aliphatic rings. The predicted octanol–water partition coefficient (Wildman–Crippen LogP) is 1.63. The van der Waals surface area contributed by atoms with Crippen molar-refractivity contribution in [2.75, 3.05) is 12.0 Å². The maximum Gasteiger partial charge on any atom is 0.175 e. The molecule has 0 radical (unpaired) electrons. The van der Waals surface area contributed by atoms with Crippen LogP contribution in [0.25, 0.3) is 0 Å². The van der Waals surface area contributed by atoms with Crippen LogP contribution in [-0.2, 0) is 9.84 Å². The number of nitrogen functional groups attached to an aromatic ring is 1. The molecule has 0 spiro atoms. The highest BCUT2D eigenvalue weighted by Gasteiger charge is 2.10. The molecule has 0 aliphatic heterocycles. The van der Waals surface area contributed by atoms with Crippen LogP contribution in [0.2, 0.25) is 5.02 Å². The summed E-state index contributed by atoms with van der Waals surface area (Å²) >= 11 is 5.78. The number of hydrogen-bond acceptors (Lipinski definition) is 3. The van der Waals surface area contributed by atoms with Crippen LogP contribution in [0, 0.1) is 6.92 Å². The van der Waals surface area contributed by atoms with Gasteiger partial charge < -0.3 is 5.73 Å². The van der Waals surface area contributed by atoms with E-state index >= 15 is 0 Å². The van der Waals surface area contributed by atoms with Crippen molar-refractivity contribution < 1.29 is 8.42 Å². The Morgan fingerprint density at radius 3 is 2.31 bits per heavy atom. The Kier molecular flexibility index (Phi) is 2.54. The molecule has 0 saturated heterocycles. The van der Waals surface area contributed by atoms with Crippen molar-refractivity contribution in [3.8, 4) is 0 Å². The van der Waals surface area contributed by atoms with E-state index in [1.165, 1.54) is 12.1 Å². The lowest BCUT2D eigenvalue weighted by Gasteiger charge is -2.05. The number of aryl methyl sites for hydroxylation is 1. The first-order valence-electron chi connectivity index (χ1n) is 3.58. The van der Waals surface area contributed by atoms with Gasteiger partial charge in [0.05, 0.1) is 15.6 Å². The van der Waals surface area contributed by atoms with Gasteiger partial charge >= 0.3 is 0 Å². The lowest BCUT2D eigenvalue weighted by atomic mass is 10.2. The average Bonchev–Trinajstić information content (AvgIpc) is 1.97. The second-order valence-electron chi connectivity index (χ2n) is 2.92. The average molecular weight is 220 g/mol. The van der Waals surface area contributed by atoms with E-state index in [4.69, 9.17) is 17.3 Å². The Morgan fingerprint density at radius 2 is 1.92 bits per heavy atom. The van der Waals surface area contributed by atoms with Gasteiger partial charge in [-0.2, -0.15) is 0 Å². The van der Waals surface area contributed by atoms with Gasteiger partial charge in [-0.1, -0.05) is 11.6 Å². The third-order valence-electron chi connectivity index (χ3n) is 1.68. The summed E-state index contributed by atoms with van der Waals surface area (Å²) in [7, 11) is -3.20. The predicted molar refractivity (Wildman–Crippen MR) is 53.7 cm³/mol. The lowest BCUT2D eigenvalue weighted by molar-refractivity contribution is 0.602. The summed E-state index contributed by atoms with van der Waals surface area (Å²) < 4.78 is 22.3. The molecule has 0 saturated carbocycles. The molecule has 3 nitrogen and oxygen atoms in total. The first kappa shape index (κ1) is 10.3. The zero-order chi connectivity index (χ0) is 10.2. The van der Waals surface area contributed by atoms with E-state index in [-0.39, 0.29) is 4.90 Å². The van der Waals surface area contributed by atoms with Crippen molar-refractivity contribution in [2.45, 2.75) is 11.8 Å². The van der Waals surface area contributed by atoms with Gasteiger partial charge in [-0.25, -0.2) is 8.42 Å². The SMILES string of the molecule is Cc1cc(S(C)(=O)=O)cc(N)c1Cl. The molecule has 2 N–H and O–H groups in total. The van der Waals surface area contributed by atoms with Gasteiger partial charge in [0.25, 0.3) is 0 Å². The Morgan fingerprint density at radius 1 is 1.38 bits per heavy atom. The zero-order valence-corrected chi connectivity index (χ0v) is 8.91.